The van der Waals surface area contributed by atoms with Crippen LogP contribution in [0.1, 0.15) is 5.56 Å². The molecule has 0 aromatic heterocycles. The first-order valence-corrected chi connectivity index (χ1v) is 10.5. The van der Waals surface area contributed by atoms with Crippen molar-refractivity contribution in [3.05, 3.63) is 59.7 Å². The molecule has 146 valence electrons. The van der Waals surface area contributed by atoms with Gasteiger partial charge in [0.15, 0.2) is 6.61 Å². The maximum atomic E-state index is 12.9. The van der Waals surface area contributed by atoms with Crippen LogP contribution in [0.5, 0.6) is 5.75 Å². The van der Waals surface area contributed by atoms with Gasteiger partial charge in [0.05, 0.1) is 12.8 Å². The first kappa shape index (κ1) is 21.5. The van der Waals surface area contributed by atoms with E-state index in [0.29, 0.717) is 29.2 Å². The number of nitriles is 1. The van der Waals surface area contributed by atoms with Crippen molar-refractivity contribution >= 4 is 86.4 Å². The Bertz CT molecular complexity index is 1070. The smallest absolute Gasteiger partial charge is 0.335 e. The second-order valence-electron chi connectivity index (χ2n) is 5.69. The first-order chi connectivity index (χ1) is 13.8. The molecule has 1 saturated heterocycles. The lowest BCUT2D eigenvalue weighted by atomic mass is 10.1. The van der Waals surface area contributed by atoms with Crippen LogP contribution < -0.4 is 15.0 Å². The van der Waals surface area contributed by atoms with E-state index in [1.165, 1.54) is 18.2 Å². The summed E-state index contributed by atoms with van der Waals surface area (Å²) in [7, 11) is 0. The monoisotopic (exact) mass is 633 g/mol. The van der Waals surface area contributed by atoms with Gasteiger partial charge in [0.25, 0.3) is 11.8 Å². The zero-order chi connectivity index (χ0) is 21.1. The van der Waals surface area contributed by atoms with Gasteiger partial charge in [0, 0.05) is 5.02 Å². The highest BCUT2D eigenvalue weighted by Gasteiger charge is 2.36. The molecule has 1 aliphatic rings. The maximum absolute atomic E-state index is 12.9. The van der Waals surface area contributed by atoms with Gasteiger partial charge in [-0.3, -0.25) is 14.9 Å². The molecule has 29 heavy (non-hydrogen) atoms. The number of carbonyl (C=O) groups excluding carboxylic acids is 3. The van der Waals surface area contributed by atoms with Gasteiger partial charge >= 0.3 is 6.03 Å². The molecule has 0 atom stereocenters. The standard InChI is InChI=1S/C19H10ClI2N3O4/c20-11-1-3-12(4-2-11)25-18(27)13(17(26)24-19(25)28)7-10-8-14(21)16(15(22)9-10)29-6-5-23/h1-4,7-9H,6H2,(H,24,26,28)/b13-7+. The van der Waals surface area contributed by atoms with Gasteiger partial charge in [-0.25, -0.2) is 9.69 Å². The predicted octanol–water partition coefficient (Wildman–Crippen LogP) is 4.12. The molecule has 0 unspecified atom stereocenters. The summed E-state index contributed by atoms with van der Waals surface area (Å²) in [6.07, 6.45) is 1.41. The second-order valence-corrected chi connectivity index (χ2v) is 8.46. The van der Waals surface area contributed by atoms with Crippen molar-refractivity contribution in [3.63, 3.8) is 0 Å². The molecular weight excluding hydrogens is 623 g/mol. The van der Waals surface area contributed by atoms with Gasteiger partial charge in [-0.15, -0.1) is 0 Å². The normalized spacial score (nSPS) is 15.3. The third-order valence-electron chi connectivity index (χ3n) is 3.80. The Hall–Kier alpha value is -2.17. The number of barbiturate groups is 1. The lowest BCUT2D eigenvalue weighted by Crippen LogP contribution is -2.54. The van der Waals surface area contributed by atoms with Crippen molar-refractivity contribution < 1.29 is 19.1 Å². The predicted molar refractivity (Wildman–Crippen MR) is 123 cm³/mol. The molecule has 1 N–H and O–H groups in total. The third-order valence-corrected chi connectivity index (χ3v) is 5.65. The van der Waals surface area contributed by atoms with E-state index >= 15 is 0 Å². The Labute approximate surface area is 197 Å². The van der Waals surface area contributed by atoms with E-state index in [0.717, 1.165) is 4.90 Å². The van der Waals surface area contributed by atoms with Crippen LogP contribution in [0.3, 0.4) is 0 Å². The number of amides is 4. The van der Waals surface area contributed by atoms with E-state index in [2.05, 4.69) is 5.32 Å². The maximum Gasteiger partial charge on any atom is 0.335 e. The minimum atomic E-state index is -0.830. The van der Waals surface area contributed by atoms with Crippen molar-refractivity contribution in [1.29, 1.82) is 5.26 Å². The van der Waals surface area contributed by atoms with E-state index in [1.807, 2.05) is 51.3 Å². The molecule has 0 radical (unpaired) electrons. The molecule has 4 amide bonds. The van der Waals surface area contributed by atoms with E-state index in [1.54, 1.807) is 24.3 Å². The highest BCUT2D eigenvalue weighted by atomic mass is 127. The first-order valence-electron chi connectivity index (χ1n) is 7.97. The molecule has 1 fully saturated rings. The molecule has 2 aromatic rings. The van der Waals surface area contributed by atoms with Crippen LogP contribution in [-0.2, 0) is 9.59 Å². The topological polar surface area (TPSA) is 99.5 Å². The fourth-order valence-corrected chi connectivity index (χ4v) is 4.81. The van der Waals surface area contributed by atoms with Crippen molar-refractivity contribution in [1.82, 2.24) is 5.32 Å². The molecule has 1 aliphatic heterocycles. The number of nitrogens with one attached hydrogen (secondary N) is 1. The number of benzene rings is 2. The van der Waals surface area contributed by atoms with Gasteiger partial charge in [-0.2, -0.15) is 5.26 Å². The minimum absolute atomic E-state index is 0.0918. The zero-order valence-corrected chi connectivity index (χ0v) is 19.5. The molecule has 1 heterocycles. The highest BCUT2D eigenvalue weighted by molar-refractivity contribution is 14.1. The van der Waals surface area contributed by atoms with Crippen LogP contribution in [0.25, 0.3) is 6.08 Å². The number of urea groups is 1. The molecule has 3 rings (SSSR count). The number of anilines is 1. The fraction of sp³-hybridized carbons (Fsp3) is 0.0526. The number of ether oxygens (including phenoxy) is 1. The molecule has 10 heteroatoms. The molecule has 7 nitrogen and oxygen atoms in total. The number of carbonyl (C=O) groups is 3. The van der Waals surface area contributed by atoms with Crippen molar-refractivity contribution in [2.75, 3.05) is 11.5 Å². The zero-order valence-electron chi connectivity index (χ0n) is 14.4. The number of hydrogen-bond acceptors (Lipinski definition) is 5. The van der Waals surface area contributed by atoms with Crippen molar-refractivity contribution in [2.45, 2.75) is 0 Å². The molecule has 2 aromatic carbocycles. The number of rotatable bonds is 4. The number of halogens is 3. The lowest BCUT2D eigenvalue weighted by molar-refractivity contribution is -0.122. The Morgan fingerprint density at radius 2 is 1.76 bits per heavy atom. The molecule has 0 spiro atoms. The summed E-state index contributed by atoms with van der Waals surface area (Å²) in [5.74, 6) is -0.969. The van der Waals surface area contributed by atoms with Gasteiger partial charge < -0.3 is 4.74 Å². The van der Waals surface area contributed by atoms with Crippen molar-refractivity contribution in [3.8, 4) is 11.8 Å². The average Bonchev–Trinajstić information content (AvgIpc) is 2.66. The second kappa shape index (κ2) is 9.10. The van der Waals surface area contributed by atoms with Crippen LogP contribution in [0.15, 0.2) is 42.0 Å². The minimum Gasteiger partial charge on any atom is -0.477 e. The molecule has 0 saturated carbocycles. The summed E-state index contributed by atoms with van der Waals surface area (Å²) in [4.78, 5) is 38.3. The molecule has 0 aliphatic carbocycles. The Morgan fingerprint density at radius 1 is 1.14 bits per heavy atom. The van der Waals surface area contributed by atoms with Gasteiger partial charge in [0.1, 0.15) is 17.4 Å². The largest absolute Gasteiger partial charge is 0.477 e. The van der Waals surface area contributed by atoms with E-state index in [4.69, 9.17) is 21.6 Å². The molecule has 0 bridgehead atoms. The van der Waals surface area contributed by atoms with E-state index in [-0.39, 0.29) is 12.2 Å². The van der Waals surface area contributed by atoms with Crippen LogP contribution in [0.2, 0.25) is 5.02 Å². The van der Waals surface area contributed by atoms with Crippen LogP contribution in [0, 0.1) is 18.5 Å². The lowest BCUT2D eigenvalue weighted by Gasteiger charge is -2.26. The number of hydrogen-bond donors (Lipinski definition) is 1. The van der Waals surface area contributed by atoms with Gasteiger partial charge in [-0.05, 0) is 93.2 Å². The van der Waals surface area contributed by atoms with E-state index < -0.39 is 17.8 Å². The third kappa shape index (κ3) is 4.71. The SMILES string of the molecule is N#CCOc1c(I)cc(/C=C2\C(=O)NC(=O)N(c3ccc(Cl)cc3)C2=O)cc1I. The summed E-state index contributed by atoms with van der Waals surface area (Å²) in [5, 5.41) is 11.3. The van der Waals surface area contributed by atoms with E-state index in [9.17, 15) is 14.4 Å². The summed E-state index contributed by atoms with van der Waals surface area (Å²) in [6, 6.07) is 10.6. The highest BCUT2D eigenvalue weighted by Crippen LogP contribution is 2.30. The van der Waals surface area contributed by atoms with Crippen LogP contribution in [0.4, 0.5) is 10.5 Å². The van der Waals surface area contributed by atoms with Gasteiger partial charge in [0.2, 0.25) is 0 Å². The van der Waals surface area contributed by atoms with Gasteiger partial charge in [-0.1, -0.05) is 11.6 Å². The van der Waals surface area contributed by atoms with Crippen LogP contribution in [-0.4, -0.2) is 24.5 Å². The summed E-state index contributed by atoms with van der Waals surface area (Å²) < 4.78 is 6.82. The Morgan fingerprint density at radius 3 is 2.34 bits per heavy atom. The number of nitrogens with zero attached hydrogens (tertiary/aromatic N) is 2. The van der Waals surface area contributed by atoms with Crippen molar-refractivity contribution in [2.24, 2.45) is 0 Å². The molecular formula is C19H10ClI2N3O4. The average molecular weight is 634 g/mol. The summed E-state index contributed by atoms with van der Waals surface area (Å²) in [5.41, 5.74) is 0.684. The Balaban J connectivity index is 1.98. The fourth-order valence-electron chi connectivity index (χ4n) is 2.55. The Kier molecular flexibility index (Phi) is 6.76. The quantitative estimate of drug-likeness (QED) is 0.311. The number of imide groups is 2. The van der Waals surface area contributed by atoms with Crippen LogP contribution >= 0.6 is 56.8 Å². The summed E-state index contributed by atoms with van der Waals surface area (Å²) in [6.45, 7) is -0.0918. The summed E-state index contributed by atoms with van der Waals surface area (Å²) >= 11 is 9.95.